The molecule has 1 rings (SSSR count). The predicted octanol–water partition coefficient (Wildman–Crippen LogP) is 1.94. The molecular weight excluding hydrogens is 240 g/mol. The minimum Gasteiger partial charge on any atom is -0.497 e. The van der Waals surface area contributed by atoms with Gasteiger partial charge in [0.1, 0.15) is 5.75 Å². The Morgan fingerprint density at radius 1 is 1.59 bits per heavy atom. The van der Waals surface area contributed by atoms with Crippen LogP contribution < -0.4 is 16.0 Å². The Morgan fingerprint density at radius 2 is 2.35 bits per heavy atom. The number of hydrazine groups is 1. The number of allylic oxidation sites excluding steroid dienone is 1. The molecule has 1 amide bonds. The number of carbonyl (C=O) groups excluding carboxylic acids is 1. The monoisotopic (exact) mass is 254 g/mol. The van der Waals surface area contributed by atoms with Crippen LogP contribution in [0.15, 0.2) is 24.3 Å². The number of halogens is 1. The topological polar surface area (TPSA) is 64.3 Å². The molecule has 0 spiro atoms. The van der Waals surface area contributed by atoms with E-state index in [4.69, 9.17) is 22.2 Å². The summed E-state index contributed by atoms with van der Waals surface area (Å²) in [4.78, 5) is 11.6. The molecule has 0 radical (unpaired) electrons. The Morgan fingerprint density at radius 3 is 2.94 bits per heavy atom. The zero-order valence-electron chi connectivity index (χ0n) is 9.57. The zero-order valence-corrected chi connectivity index (χ0v) is 10.3. The van der Waals surface area contributed by atoms with Crippen molar-refractivity contribution in [1.82, 2.24) is 5.43 Å². The fourth-order valence-electron chi connectivity index (χ4n) is 1.36. The predicted molar refractivity (Wildman–Crippen MR) is 69.0 cm³/mol. The summed E-state index contributed by atoms with van der Waals surface area (Å²) in [5.74, 6) is 5.94. The van der Waals surface area contributed by atoms with Gasteiger partial charge >= 0.3 is 0 Å². The number of alkyl halides is 1. The summed E-state index contributed by atoms with van der Waals surface area (Å²) in [6, 6.07) is 5.23. The summed E-state index contributed by atoms with van der Waals surface area (Å²) in [6.07, 6.45) is 4.49. The second kappa shape index (κ2) is 6.93. The molecule has 0 bridgehead atoms. The standard InChI is InChI=1S/C12H15ClN2O2/c1-17-10-6-5-9(4-2-3-7-13)11(8-10)12(16)15-14/h2,4-6,8H,3,7,14H2,1H3,(H,15,16). The molecule has 0 aromatic heterocycles. The van der Waals surface area contributed by atoms with Gasteiger partial charge in [-0.05, 0) is 24.1 Å². The first kappa shape index (κ1) is 13.5. The van der Waals surface area contributed by atoms with Crippen molar-refractivity contribution in [2.75, 3.05) is 13.0 Å². The smallest absolute Gasteiger partial charge is 0.265 e. The van der Waals surface area contributed by atoms with Crippen LogP contribution >= 0.6 is 11.6 Å². The number of hydrogen-bond donors (Lipinski definition) is 2. The number of ether oxygens (including phenoxy) is 1. The van der Waals surface area contributed by atoms with E-state index >= 15 is 0 Å². The maximum atomic E-state index is 11.6. The minimum absolute atomic E-state index is 0.352. The summed E-state index contributed by atoms with van der Waals surface area (Å²) in [5, 5.41) is 0. The number of rotatable bonds is 5. The van der Waals surface area contributed by atoms with Crippen molar-refractivity contribution in [3.05, 3.63) is 35.4 Å². The van der Waals surface area contributed by atoms with Crippen molar-refractivity contribution in [2.45, 2.75) is 6.42 Å². The van der Waals surface area contributed by atoms with Crippen LogP contribution in [0.5, 0.6) is 5.75 Å². The van der Waals surface area contributed by atoms with Crippen LogP contribution in [-0.4, -0.2) is 18.9 Å². The van der Waals surface area contributed by atoms with Crippen LogP contribution in [0.3, 0.4) is 0 Å². The molecule has 1 aromatic rings. The van der Waals surface area contributed by atoms with Gasteiger partial charge in [0.05, 0.1) is 12.7 Å². The van der Waals surface area contributed by atoms with Gasteiger partial charge in [-0.25, -0.2) is 5.84 Å². The normalized spacial score (nSPS) is 10.5. The van der Waals surface area contributed by atoms with E-state index in [1.807, 2.05) is 12.2 Å². The average molecular weight is 255 g/mol. The number of benzene rings is 1. The molecule has 0 saturated carbocycles. The van der Waals surface area contributed by atoms with Gasteiger partial charge in [0.2, 0.25) is 0 Å². The number of hydrogen-bond acceptors (Lipinski definition) is 3. The SMILES string of the molecule is COc1ccc(C=CCCCl)c(C(=O)NN)c1. The molecule has 0 aliphatic heterocycles. The van der Waals surface area contributed by atoms with Crippen LogP contribution in [0.2, 0.25) is 0 Å². The zero-order chi connectivity index (χ0) is 12.7. The van der Waals surface area contributed by atoms with Gasteiger partial charge < -0.3 is 4.74 Å². The highest BCUT2D eigenvalue weighted by Gasteiger charge is 2.09. The molecule has 0 unspecified atom stereocenters. The molecule has 0 atom stereocenters. The number of nitrogen functional groups attached to an aromatic ring is 1. The lowest BCUT2D eigenvalue weighted by Gasteiger charge is -2.07. The molecular formula is C12H15ClN2O2. The Labute approximate surface area is 105 Å². The Kier molecular flexibility index (Phi) is 5.52. The number of nitrogens with two attached hydrogens (primary N) is 1. The second-order valence-corrected chi connectivity index (χ2v) is 3.68. The number of nitrogens with one attached hydrogen (secondary N) is 1. The maximum Gasteiger partial charge on any atom is 0.265 e. The molecule has 0 aliphatic carbocycles. The van der Waals surface area contributed by atoms with Crippen LogP contribution in [0.4, 0.5) is 0 Å². The molecule has 1 aromatic carbocycles. The fourth-order valence-corrected chi connectivity index (χ4v) is 1.48. The second-order valence-electron chi connectivity index (χ2n) is 3.31. The van der Waals surface area contributed by atoms with Crippen molar-refractivity contribution in [2.24, 2.45) is 5.84 Å². The lowest BCUT2D eigenvalue weighted by Crippen LogP contribution is -2.30. The highest BCUT2D eigenvalue weighted by molar-refractivity contribution is 6.17. The van der Waals surface area contributed by atoms with E-state index in [1.54, 1.807) is 25.3 Å². The van der Waals surface area contributed by atoms with Crippen molar-refractivity contribution in [3.8, 4) is 5.75 Å². The number of amides is 1. The van der Waals surface area contributed by atoms with Crippen molar-refractivity contribution < 1.29 is 9.53 Å². The van der Waals surface area contributed by atoms with E-state index in [0.29, 0.717) is 17.2 Å². The largest absolute Gasteiger partial charge is 0.497 e. The van der Waals surface area contributed by atoms with Crippen molar-refractivity contribution in [1.29, 1.82) is 0 Å². The van der Waals surface area contributed by atoms with Gasteiger partial charge in [-0.15, -0.1) is 11.6 Å². The molecule has 17 heavy (non-hydrogen) atoms. The van der Waals surface area contributed by atoms with E-state index in [1.165, 1.54) is 0 Å². The van der Waals surface area contributed by atoms with Crippen molar-refractivity contribution in [3.63, 3.8) is 0 Å². The molecule has 4 nitrogen and oxygen atoms in total. The summed E-state index contributed by atoms with van der Waals surface area (Å²) in [7, 11) is 1.54. The van der Waals surface area contributed by atoms with E-state index in [9.17, 15) is 4.79 Å². The van der Waals surface area contributed by atoms with Crippen LogP contribution in [0.1, 0.15) is 22.3 Å². The summed E-state index contributed by atoms with van der Waals surface area (Å²) < 4.78 is 5.06. The van der Waals surface area contributed by atoms with E-state index in [0.717, 1.165) is 12.0 Å². The van der Waals surface area contributed by atoms with Crippen molar-refractivity contribution >= 4 is 23.6 Å². The number of methoxy groups -OCH3 is 1. The Bertz CT molecular complexity index is 419. The summed E-state index contributed by atoms with van der Waals surface area (Å²) in [6.45, 7) is 0. The summed E-state index contributed by atoms with van der Waals surface area (Å²) in [5.41, 5.74) is 3.36. The molecule has 5 heteroatoms. The molecule has 0 heterocycles. The average Bonchev–Trinajstić information content (AvgIpc) is 2.38. The Balaban J connectivity index is 3.06. The summed E-state index contributed by atoms with van der Waals surface area (Å²) >= 11 is 5.57. The molecule has 0 aliphatic rings. The van der Waals surface area contributed by atoms with Crippen LogP contribution in [-0.2, 0) is 0 Å². The fraction of sp³-hybridized carbons (Fsp3) is 0.250. The van der Waals surface area contributed by atoms with Gasteiger partial charge in [-0.2, -0.15) is 0 Å². The van der Waals surface area contributed by atoms with Gasteiger partial charge in [0.15, 0.2) is 0 Å². The molecule has 0 fully saturated rings. The van der Waals surface area contributed by atoms with Gasteiger partial charge in [0, 0.05) is 5.88 Å². The van der Waals surface area contributed by atoms with E-state index in [2.05, 4.69) is 5.43 Å². The highest BCUT2D eigenvalue weighted by Crippen LogP contribution is 2.19. The van der Waals surface area contributed by atoms with Crippen LogP contribution in [0.25, 0.3) is 6.08 Å². The van der Waals surface area contributed by atoms with Gasteiger partial charge in [-0.3, -0.25) is 10.2 Å². The molecule has 3 N–H and O–H groups in total. The first-order valence-corrected chi connectivity index (χ1v) is 5.68. The minimum atomic E-state index is -0.352. The third-order valence-electron chi connectivity index (χ3n) is 2.21. The molecule has 0 saturated heterocycles. The quantitative estimate of drug-likeness (QED) is 0.365. The number of carbonyl (C=O) groups is 1. The molecule has 92 valence electrons. The first-order valence-electron chi connectivity index (χ1n) is 5.14. The van der Waals surface area contributed by atoms with E-state index < -0.39 is 0 Å². The lowest BCUT2D eigenvalue weighted by atomic mass is 10.1. The third-order valence-corrected chi connectivity index (χ3v) is 2.43. The van der Waals surface area contributed by atoms with Gasteiger partial charge in [0.25, 0.3) is 5.91 Å². The van der Waals surface area contributed by atoms with Gasteiger partial charge in [-0.1, -0.05) is 18.2 Å². The van der Waals surface area contributed by atoms with E-state index in [-0.39, 0.29) is 5.91 Å². The lowest BCUT2D eigenvalue weighted by molar-refractivity contribution is 0.0953. The third kappa shape index (κ3) is 3.76. The Hall–Kier alpha value is -1.52. The first-order chi connectivity index (χ1) is 8.22. The van der Waals surface area contributed by atoms with Crippen LogP contribution in [0, 0.1) is 0 Å². The highest BCUT2D eigenvalue weighted by atomic mass is 35.5. The maximum absolute atomic E-state index is 11.6.